The van der Waals surface area contributed by atoms with Crippen molar-refractivity contribution >= 4 is 45.5 Å². The number of thiocarbonyl (C=S) groups is 1. The molecule has 27 heavy (non-hydrogen) atoms. The number of anilines is 2. The van der Waals surface area contributed by atoms with Crippen molar-refractivity contribution in [3.8, 4) is 17.0 Å². The smallest absolute Gasteiger partial charge is 0.339 e. The summed E-state index contributed by atoms with van der Waals surface area (Å²) in [5.74, 6) is 0.641. The first-order chi connectivity index (χ1) is 13.2. The highest BCUT2D eigenvalue weighted by Crippen LogP contribution is 2.24. The molecule has 3 rings (SSSR count). The number of methoxy groups -OCH3 is 1. The number of amides is 2. The lowest BCUT2D eigenvalue weighted by Crippen LogP contribution is -2.45. The summed E-state index contributed by atoms with van der Waals surface area (Å²) in [7, 11) is 1.57. The van der Waals surface area contributed by atoms with Gasteiger partial charge in [0.2, 0.25) is 0 Å². The number of carbonyl (C=O) groups is 1. The first kappa shape index (κ1) is 18.6. The molecule has 4 N–H and O–H groups in total. The van der Waals surface area contributed by atoms with Crippen LogP contribution in [-0.2, 0) is 0 Å². The third kappa shape index (κ3) is 5.16. The van der Waals surface area contributed by atoms with Crippen LogP contribution in [0.15, 0.2) is 60.0 Å². The van der Waals surface area contributed by atoms with Crippen molar-refractivity contribution in [3.63, 3.8) is 0 Å². The van der Waals surface area contributed by atoms with Gasteiger partial charge in [-0.1, -0.05) is 42.5 Å². The maximum Gasteiger partial charge on any atom is 0.339 e. The highest BCUT2D eigenvalue weighted by Gasteiger charge is 2.09. The fraction of sp³-hybridized carbons (Fsp3) is 0.0556. The van der Waals surface area contributed by atoms with E-state index in [9.17, 15) is 4.79 Å². The molecule has 2 aromatic carbocycles. The average molecular weight is 400 g/mol. The molecule has 0 radical (unpaired) electrons. The van der Waals surface area contributed by atoms with Gasteiger partial charge in [-0.25, -0.2) is 15.2 Å². The molecule has 9 heteroatoms. The lowest BCUT2D eigenvalue weighted by atomic mass is 10.2. The Morgan fingerprint density at radius 3 is 2.56 bits per heavy atom. The van der Waals surface area contributed by atoms with Crippen molar-refractivity contribution in [2.45, 2.75) is 0 Å². The van der Waals surface area contributed by atoms with Gasteiger partial charge in [-0.2, -0.15) is 0 Å². The molecule has 3 aromatic rings. The molecule has 0 bridgehead atoms. The molecule has 0 saturated heterocycles. The molecule has 2 amide bonds. The van der Waals surface area contributed by atoms with Gasteiger partial charge >= 0.3 is 6.03 Å². The Morgan fingerprint density at radius 2 is 1.78 bits per heavy atom. The summed E-state index contributed by atoms with van der Waals surface area (Å²) in [6.07, 6.45) is 0. The first-order valence-corrected chi connectivity index (χ1v) is 9.22. The molecule has 0 atom stereocenters. The van der Waals surface area contributed by atoms with Crippen molar-refractivity contribution < 1.29 is 9.53 Å². The molecule has 0 aliphatic heterocycles. The minimum Gasteiger partial charge on any atom is -0.495 e. The maximum absolute atomic E-state index is 12.0. The summed E-state index contributed by atoms with van der Waals surface area (Å²) in [4.78, 5) is 16.4. The zero-order valence-electron chi connectivity index (χ0n) is 14.4. The molecule has 0 saturated carbocycles. The van der Waals surface area contributed by atoms with Gasteiger partial charge in [0.05, 0.1) is 18.5 Å². The lowest BCUT2D eigenvalue weighted by Gasteiger charge is -2.13. The number of para-hydroxylation sites is 2. The number of nitrogens with zero attached hydrogens (tertiary/aromatic N) is 1. The Balaban J connectivity index is 1.50. The van der Waals surface area contributed by atoms with Crippen molar-refractivity contribution in [3.05, 3.63) is 60.0 Å². The number of ether oxygens (including phenoxy) is 1. The Morgan fingerprint density at radius 1 is 1.04 bits per heavy atom. The van der Waals surface area contributed by atoms with Crippen molar-refractivity contribution in [2.75, 3.05) is 17.7 Å². The average Bonchev–Trinajstić information content (AvgIpc) is 3.16. The number of hydrazine groups is 1. The molecular weight excluding hydrogens is 382 g/mol. The number of carbonyl (C=O) groups excluding carboxylic acids is 1. The van der Waals surface area contributed by atoms with Crippen LogP contribution in [-0.4, -0.2) is 23.2 Å². The Bertz CT molecular complexity index is 930. The number of aromatic nitrogens is 1. The van der Waals surface area contributed by atoms with E-state index in [-0.39, 0.29) is 5.11 Å². The van der Waals surface area contributed by atoms with Crippen molar-refractivity contribution in [1.29, 1.82) is 0 Å². The van der Waals surface area contributed by atoms with Crippen LogP contribution in [0.3, 0.4) is 0 Å². The molecule has 0 spiro atoms. The van der Waals surface area contributed by atoms with Crippen LogP contribution >= 0.6 is 23.6 Å². The van der Waals surface area contributed by atoms with Crippen LogP contribution in [0.1, 0.15) is 0 Å². The number of hydrogen-bond acceptors (Lipinski definition) is 5. The molecule has 0 aliphatic rings. The zero-order valence-corrected chi connectivity index (χ0v) is 16.0. The number of rotatable bonds is 4. The highest BCUT2D eigenvalue weighted by molar-refractivity contribution is 7.80. The topological polar surface area (TPSA) is 87.3 Å². The van der Waals surface area contributed by atoms with E-state index in [0.29, 0.717) is 16.6 Å². The standard InChI is InChI=1S/C18H17N5O2S2/c1-25-15-10-6-5-9-13(15)19-17(26)23-22-16(24)21-18-20-14(11-27-18)12-7-3-2-4-8-12/h2-11H,1H3,(H2,19,23,26)(H2,20,21,22,24). The van der Waals surface area contributed by atoms with Gasteiger partial charge in [0.1, 0.15) is 5.75 Å². The number of nitrogens with one attached hydrogen (secondary N) is 4. The molecule has 1 aromatic heterocycles. The zero-order chi connectivity index (χ0) is 19.1. The third-order valence-corrected chi connectivity index (χ3v) is 4.40. The van der Waals surface area contributed by atoms with Crippen molar-refractivity contribution in [1.82, 2.24) is 15.8 Å². The van der Waals surface area contributed by atoms with Crippen molar-refractivity contribution in [2.24, 2.45) is 0 Å². The molecule has 138 valence electrons. The normalized spacial score (nSPS) is 9.96. The van der Waals surface area contributed by atoms with E-state index in [4.69, 9.17) is 17.0 Å². The molecule has 0 unspecified atom stereocenters. The highest BCUT2D eigenvalue weighted by atomic mass is 32.1. The predicted molar refractivity (Wildman–Crippen MR) is 112 cm³/mol. The molecule has 7 nitrogen and oxygen atoms in total. The fourth-order valence-electron chi connectivity index (χ4n) is 2.22. The summed E-state index contributed by atoms with van der Waals surface area (Å²) >= 11 is 6.50. The fourth-order valence-corrected chi connectivity index (χ4v) is 3.09. The molecule has 0 fully saturated rings. The summed E-state index contributed by atoms with van der Waals surface area (Å²) in [5.41, 5.74) is 7.56. The van der Waals surface area contributed by atoms with Gasteiger partial charge in [0, 0.05) is 10.9 Å². The van der Waals surface area contributed by atoms with Gasteiger partial charge in [-0.15, -0.1) is 11.3 Å². The minimum absolute atomic E-state index is 0.221. The number of thiazole rings is 1. The van der Waals surface area contributed by atoms with E-state index in [1.165, 1.54) is 11.3 Å². The van der Waals surface area contributed by atoms with Crippen LogP contribution in [0.4, 0.5) is 15.6 Å². The van der Waals surface area contributed by atoms with E-state index >= 15 is 0 Å². The minimum atomic E-state index is -0.479. The van der Waals surface area contributed by atoms with Crippen LogP contribution in [0.5, 0.6) is 5.75 Å². The second-order valence-electron chi connectivity index (χ2n) is 5.26. The summed E-state index contributed by atoms with van der Waals surface area (Å²) in [5, 5.41) is 8.19. The van der Waals surface area contributed by atoms with E-state index in [2.05, 4.69) is 26.5 Å². The van der Waals surface area contributed by atoms with Gasteiger partial charge in [0.25, 0.3) is 0 Å². The molecular formula is C18H17N5O2S2. The van der Waals surface area contributed by atoms with Crippen LogP contribution in [0.25, 0.3) is 11.3 Å². The molecule has 1 heterocycles. The monoisotopic (exact) mass is 399 g/mol. The van der Waals surface area contributed by atoms with E-state index < -0.39 is 6.03 Å². The van der Waals surface area contributed by atoms with Gasteiger partial charge in [-0.05, 0) is 24.4 Å². The van der Waals surface area contributed by atoms with Gasteiger partial charge < -0.3 is 10.1 Å². The Hall–Kier alpha value is -3.17. The van der Waals surface area contributed by atoms with E-state index in [1.54, 1.807) is 13.2 Å². The van der Waals surface area contributed by atoms with Gasteiger partial charge in [0.15, 0.2) is 10.2 Å². The maximum atomic E-state index is 12.0. The number of urea groups is 1. The van der Waals surface area contributed by atoms with E-state index in [0.717, 1.165) is 11.3 Å². The van der Waals surface area contributed by atoms with Gasteiger partial charge in [-0.3, -0.25) is 10.7 Å². The Kier molecular flexibility index (Phi) is 6.18. The first-order valence-electron chi connectivity index (χ1n) is 7.93. The third-order valence-electron chi connectivity index (χ3n) is 3.44. The number of benzene rings is 2. The lowest BCUT2D eigenvalue weighted by molar-refractivity contribution is 0.250. The molecule has 0 aliphatic carbocycles. The van der Waals surface area contributed by atoms with Crippen LogP contribution in [0.2, 0.25) is 0 Å². The van der Waals surface area contributed by atoms with Crippen LogP contribution < -0.4 is 26.2 Å². The van der Waals surface area contributed by atoms with E-state index in [1.807, 2.05) is 53.9 Å². The second-order valence-corrected chi connectivity index (χ2v) is 6.53. The SMILES string of the molecule is COc1ccccc1NC(=S)NNC(=O)Nc1nc(-c2ccccc2)cs1. The summed E-state index contributed by atoms with van der Waals surface area (Å²) < 4.78 is 5.23. The largest absolute Gasteiger partial charge is 0.495 e. The number of hydrogen-bond donors (Lipinski definition) is 4. The predicted octanol–water partition coefficient (Wildman–Crippen LogP) is 3.84. The summed E-state index contributed by atoms with van der Waals surface area (Å²) in [6.45, 7) is 0. The summed E-state index contributed by atoms with van der Waals surface area (Å²) in [6, 6.07) is 16.6. The van der Waals surface area contributed by atoms with Crippen LogP contribution in [0, 0.1) is 0 Å². The quantitative estimate of drug-likeness (QED) is 0.394. The Labute approximate surface area is 165 Å². The second kappa shape index (κ2) is 8.97.